The average Bonchev–Trinajstić information content (AvgIpc) is 2.47. The first-order valence-corrected chi connectivity index (χ1v) is 7.82. The van der Waals surface area contributed by atoms with Crippen LogP contribution in [-0.2, 0) is 0 Å². The van der Waals surface area contributed by atoms with Gasteiger partial charge < -0.3 is 0 Å². The molecule has 0 radical (unpaired) electrons. The van der Waals surface area contributed by atoms with Crippen LogP contribution >= 0.6 is 0 Å². The summed E-state index contributed by atoms with van der Waals surface area (Å²) < 4.78 is 0. The van der Waals surface area contributed by atoms with Gasteiger partial charge in [-0.25, -0.2) is 0 Å². The highest BCUT2D eigenvalue weighted by molar-refractivity contribution is 5.07. The molecule has 0 nitrogen and oxygen atoms in total. The summed E-state index contributed by atoms with van der Waals surface area (Å²) in [6.07, 6.45) is 13.9. The topological polar surface area (TPSA) is 0 Å². The average molecular weight is 248 g/mol. The molecule has 1 fully saturated rings. The summed E-state index contributed by atoms with van der Waals surface area (Å²) in [5.74, 6) is 3.37. The molecule has 0 aliphatic heterocycles. The second-order valence-electron chi connectivity index (χ2n) is 6.64. The van der Waals surface area contributed by atoms with Gasteiger partial charge in [0.1, 0.15) is 0 Å². The lowest BCUT2D eigenvalue weighted by molar-refractivity contribution is 0.414. The van der Waals surface area contributed by atoms with Gasteiger partial charge in [-0.2, -0.15) is 0 Å². The zero-order valence-corrected chi connectivity index (χ0v) is 13.1. The van der Waals surface area contributed by atoms with E-state index in [0.717, 1.165) is 17.8 Å². The summed E-state index contributed by atoms with van der Waals surface area (Å²) in [5.41, 5.74) is 1.60. The highest BCUT2D eigenvalue weighted by Gasteiger charge is 2.20. The molecule has 18 heavy (non-hydrogen) atoms. The summed E-state index contributed by atoms with van der Waals surface area (Å²) >= 11 is 0. The molecule has 0 amide bonds. The van der Waals surface area contributed by atoms with Crippen LogP contribution in [-0.4, -0.2) is 0 Å². The highest BCUT2D eigenvalue weighted by Crippen LogP contribution is 2.33. The van der Waals surface area contributed by atoms with Crippen molar-refractivity contribution in [2.24, 2.45) is 23.7 Å². The molecule has 1 saturated carbocycles. The smallest absolute Gasteiger partial charge is 0.0200 e. The Morgan fingerprint density at radius 1 is 1.17 bits per heavy atom. The van der Waals surface area contributed by atoms with E-state index in [1.165, 1.54) is 32.1 Å². The Labute approximate surface area is 115 Å². The first kappa shape index (κ1) is 15.5. The summed E-state index contributed by atoms with van der Waals surface area (Å²) in [4.78, 5) is 0. The molecule has 0 N–H and O–H groups in total. The van der Waals surface area contributed by atoms with Crippen molar-refractivity contribution in [1.82, 2.24) is 0 Å². The summed E-state index contributed by atoms with van der Waals surface area (Å²) in [6, 6.07) is 0. The minimum atomic E-state index is 0.706. The van der Waals surface area contributed by atoms with Crippen LogP contribution in [0.25, 0.3) is 0 Å². The van der Waals surface area contributed by atoms with Gasteiger partial charge in [0.2, 0.25) is 0 Å². The minimum absolute atomic E-state index is 0.706. The van der Waals surface area contributed by atoms with E-state index in [-0.39, 0.29) is 0 Å². The Balaban J connectivity index is 2.57. The number of hydrogen-bond acceptors (Lipinski definition) is 0. The molecule has 0 aromatic heterocycles. The maximum atomic E-state index is 2.59. The second-order valence-corrected chi connectivity index (χ2v) is 6.64. The van der Waals surface area contributed by atoms with Crippen LogP contribution < -0.4 is 0 Å². The number of rotatable bonds is 4. The van der Waals surface area contributed by atoms with E-state index in [0.29, 0.717) is 5.92 Å². The minimum Gasteiger partial charge on any atom is -0.0916 e. The lowest BCUT2D eigenvalue weighted by atomic mass is 9.89. The normalized spacial score (nSPS) is 32.5. The zero-order valence-electron chi connectivity index (χ0n) is 13.1. The van der Waals surface area contributed by atoms with E-state index < -0.39 is 0 Å². The van der Waals surface area contributed by atoms with Crippen molar-refractivity contribution in [3.63, 3.8) is 0 Å². The van der Waals surface area contributed by atoms with Crippen LogP contribution in [0.2, 0.25) is 0 Å². The standard InChI is InChI=1S/C18H32/c1-6-7-8-16(4)17(5)13-18-10-9-14(2)11-15(3)12-18/h6-7,13-16,18H,8-12H2,1-5H3. The SMILES string of the molecule is CC=CCC(C)C(C)=CC1CCC(C)CC(C)C1. The van der Waals surface area contributed by atoms with Crippen molar-refractivity contribution in [2.75, 3.05) is 0 Å². The van der Waals surface area contributed by atoms with Gasteiger partial charge in [-0.05, 0) is 63.2 Å². The predicted octanol–water partition coefficient (Wildman–Crippen LogP) is 6.00. The third kappa shape index (κ3) is 5.42. The van der Waals surface area contributed by atoms with Crippen molar-refractivity contribution >= 4 is 0 Å². The maximum absolute atomic E-state index is 2.59. The van der Waals surface area contributed by atoms with Crippen LogP contribution in [0.5, 0.6) is 0 Å². The summed E-state index contributed by atoms with van der Waals surface area (Å²) in [5, 5.41) is 0. The lowest BCUT2D eigenvalue weighted by Gasteiger charge is -2.17. The molecule has 1 aliphatic rings. The molecule has 1 aliphatic carbocycles. The van der Waals surface area contributed by atoms with Crippen LogP contribution in [0.4, 0.5) is 0 Å². The Bertz CT molecular complexity index is 284. The molecule has 0 spiro atoms. The van der Waals surface area contributed by atoms with Crippen LogP contribution in [0.1, 0.15) is 66.7 Å². The van der Waals surface area contributed by atoms with E-state index in [9.17, 15) is 0 Å². The van der Waals surface area contributed by atoms with Crippen molar-refractivity contribution in [2.45, 2.75) is 66.7 Å². The third-order valence-corrected chi connectivity index (χ3v) is 4.54. The fourth-order valence-corrected chi connectivity index (χ4v) is 3.25. The molecule has 0 aromatic rings. The molecule has 4 unspecified atom stereocenters. The van der Waals surface area contributed by atoms with Crippen molar-refractivity contribution in [3.05, 3.63) is 23.8 Å². The first-order chi connectivity index (χ1) is 8.52. The second kappa shape index (κ2) is 7.81. The molecule has 104 valence electrons. The van der Waals surface area contributed by atoms with E-state index in [4.69, 9.17) is 0 Å². The van der Waals surface area contributed by atoms with Crippen LogP contribution in [0.3, 0.4) is 0 Å². The van der Waals surface area contributed by atoms with Crippen molar-refractivity contribution in [1.29, 1.82) is 0 Å². The molecule has 0 heterocycles. The van der Waals surface area contributed by atoms with E-state index >= 15 is 0 Å². The third-order valence-electron chi connectivity index (χ3n) is 4.54. The van der Waals surface area contributed by atoms with Gasteiger partial charge in [-0.3, -0.25) is 0 Å². The lowest BCUT2D eigenvalue weighted by Crippen LogP contribution is -2.04. The Kier molecular flexibility index (Phi) is 6.75. The first-order valence-electron chi connectivity index (χ1n) is 7.82. The maximum Gasteiger partial charge on any atom is -0.0200 e. The van der Waals surface area contributed by atoms with Crippen LogP contribution in [0.15, 0.2) is 23.8 Å². The molecular weight excluding hydrogens is 216 g/mol. The number of allylic oxidation sites excluding steroid dienone is 4. The Morgan fingerprint density at radius 2 is 1.89 bits per heavy atom. The molecule has 0 bridgehead atoms. The van der Waals surface area contributed by atoms with E-state index in [2.05, 4.69) is 52.8 Å². The van der Waals surface area contributed by atoms with Crippen molar-refractivity contribution in [3.8, 4) is 0 Å². The monoisotopic (exact) mass is 248 g/mol. The fraction of sp³-hybridized carbons (Fsp3) is 0.778. The largest absolute Gasteiger partial charge is 0.0916 e. The highest BCUT2D eigenvalue weighted by atomic mass is 14.3. The molecule has 0 heteroatoms. The molecule has 1 rings (SSSR count). The van der Waals surface area contributed by atoms with Crippen LogP contribution in [0, 0.1) is 23.7 Å². The van der Waals surface area contributed by atoms with Gasteiger partial charge in [-0.1, -0.05) is 51.0 Å². The molecule has 4 atom stereocenters. The summed E-state index contributed by atoms with van der Waals surface area (Å²) in [6.45, 7) is 11.6. The van der Waals surface area contributed by atoms with Gasteiger partial charge in [0.05, 0.1) is 0 Å². The van der Waals surface area contributed by atoms with Gasteiger partial charge in [0.25, 0.3) is 0 Å². The molecule has 0 aromatic carbocycles. The van der Waals surface area contributed by atoms with E-state index in [1.54, 1.807) is 5.57 Å². The molecular formula is C18H32. The summed E-state index contributed by atoms with van der Waals surface area (Å²) in [7, 11) is 0. The quantitative estimate of drug-likeness (QED) is 0.423. The van der Waals surface area contributed by atoms with Gasteiger partial charge in [0.15, 0.2) is 0 Å². The predicted molar refractivity (Wildman–Crippen MR) is 82.6 cm³/mol. The number of hydrogen-bond donors (Lipinski definition) is 0. The fourth-order valence-electron chi connectivity index (χ4n) is 3.25. The Morgan fingerprint density at radius 3 is 2.56 bits per heavy atom. The van der Waals surface area contributed by atoms with Gasteiger partial charge in [-0.15, -0.1) is 0 Å². The van der Waals surface area contributed by atoms with E-state index in [1.807, 2.05) is 0 Å². The van der Waals surface area contributed by atoms with Crippen molar-refractivity contribution < 1.29 is 0 Å². The molecule has 0 saturated heterocycles. The zero-order chi connectivity index (χ0) is 13.5. The van der Waals surface area contributed by atoms with Gasteiger partial charge >= 0.3 is 0 Å². The van der Waals surface area contributed by atoms with Gasteiger partial charge in [0, 0.05) is 0 Å². The Hall–Kier alpha value is -0.520.